The van der Waals surface area contributed by atoms with E-state index in [0.717, 1.165) is 36.1 Å². The van der Waals surface area contributed by atoms with Crippen molar-refractivity contribution in [3.63, 3.8) is 0 Å². The predicted molar refractivity (Wildman–Crippen MR) is 136 cm³/mol. The van der Waals surface area contributed by atoms with Crippen LogP contribution in [0.1, 0.15) is 45.6 Å². The second kappa shape index (κ2) is 8.45. The smallest absolute Gasteiger partial charge is 0.225 e. The molecule has 8 heteroatoms. The van der Waals surface area contributed by atoms with Crippen molar-refractivity contribution < 1.29 is 13.9 Å². The molecule has 5 nitrogen and oxygen atoms in total. The Bertz CT molecular complexity index is 1160. The topological polar surface area (TPSA) is 76.7 Å². The number of halogens is 2. The zero-order chi connectivity index (χ0) is 24.3. The Morgan fingerprint density at radius 2 is 2.03 bits per heavy atom. The van der Waals surface area contributed by atoms with E-state index in [0.29, 0.717) is 21.5 Å². The number of fused-ring (bicyclic) bond motifs is 4. The van der Waals surface area contributed by atoms with Crippen LogP contribution in [-0.2, 0) is 10.3 Å². The van der Waals surface area contributed by atoms with Crippen molar-refractivity contribution in [2.45, 2.75) is 57.7 Å². The average molecular weight is 502 g/mol. The van der Waals surface area contributed by atoms with E-state index in [2.05, 4.69) is 5.32 Å². The Morgan fingerprint density at radius 3 is 2.71 bits per heavy atom. The highest BCUT2D eigenvalue weighted by Gasteiger charge is 2.54. The number of aliphatic imine (C=N–C) groups is 1. The minimum atomic E-state index is -0.550. The van der Waals surface area contributed by atoms with Gasteiger partial charge < -0.3 is 15.8 Å². The van der Waals surface area contributed by atoms with Gasteiger partial charge in [0.2, 0.25) is 5.91 Å². The van der Waals surface area contributed by atoms with Crippen LogP contribution < -0.4 is 15.8 Å². The zero-order valence-electron chi connectivity index (χ0n) is 19.5. The lowest BCUT2D eigenvalue weighted by atomic mass is 9.67. The number of nitrogens with zero attached hydrogens (tertiary/aromatic N) is 1. The van der Waals surface area contributed by atoms with E-state index in [1.165, 1.54) is 12.1 Å². The lowest BCUT2D eigenvalue weighted by molar-refractivity contribution is -0.130. The van der Waals surface area contributed by atoms with E-state index in [9.17, 15) is 9.18 Å². The summed E-state index contributed by atoms with van der Waals surface area (Å²) in [4.78, 5) is 17.7. The van der Waals surface area contributed by atoms with Crippen molar-refractivity contribution in [2.24, 2.45) is 22.1 Å². The molecular weight excluding hydrogens is 473 g/mol. The summed E-state index contributed by atoms with van der Waals surface area (Å²) in [6, 6.07) is 10.5. The maximum Gasteiger partial charge on any atom is 0.225 e. The number of hydrogen-bond donors (Lipinski definition) is 2. The maximum atomic E-state index is 14.1. The molecule has 0 saturated heterocycles. The van der Waals surface area contributed by atoms with Gasteiger partial charge in [0, 0.05) is 33.7 Å². The summed E-state index contributed by atoms with van der Waals surface area (Å²) in [5.74, 6) is 1.25. The van der Waals surface area contributed by atoms with Crippen LogP contribution in [0.3, 0.4) is 0 Å². The minimum absolute atomic E-state index is 0.00000273. The number of nitrogens with two attached hydrogens (primary N) is 1. The molecule has 2 aromatic rings. The number of carbonyl (C=O) groups is 1. The number of ether oxygens (including phenoxy) is 1. The normalized spacial score (nSPS) is 28.0. The molecule has 0 radical (unpaired) electrons. The van der Waals surface area contributed by atoms with Gasteiger partial charge in [-0.05, 0) is 60.7 Å². The molecule has 34 heavy (non-hydrogen) atoms. The van der Waals surface area contributed by atoms with Gasteiger partial charge in [-0.1, -0.05) is 50.2 Å². The second-order valence-electron chi connectivity index (χ2n) is 10.5. The number of thioether (sulfide) groups is 1. The first kappa shape index (κ1) is 23.5. The van der Waals surface area contributed by atoms with E-state index in [-0.39, 0.29) is 29.8 Å². The molecule has 3 aliphatic rings. The Morgan fingerprint density at radius 1 is 1.24 bits per heavy atom. The summed E-state index contributed by atoms with van der Waals surface area (Å²) in [5.41, 5.74) is 7.73. The van der Waals surface area contributed by atoms with Crippen LogP contribution in [0.5, 0.6) is 5.75 Å². The van der Waals surface area contributed by atoms with Crippen molar-refractivity contribution in [2.75, 3.05) is 5.75 Å². The van der Waals surface area contributed by atoms with Crippen LogP contribution >= 0.6 is 23.4 Å². The fraction of sp³-hybridized carbons (Fsp3) is 0.462. The lowest BCUT2D eigenvalue weighted by Crippen LogP contribution is -2.55. The molecular formula is C26H29ClFN3O2S. The van der Waals surface area contributed by atoms with E-state index in [1.54, 1.807) is 17.8 Å². The number of amidine groups is 1. The third-order valence-electron chi connectivity index (χ3n) is 7.09. The number of nitrogens with one attached hydrogen (secondary N) is 1. The molecule has 1 fully saturated rings. The van der Waals surface area contributed by atoms with Gasteiger partial charge in [-0.15, -0.1) is 0 Å². The summed E-state index contributed by atoms with van der Waals surface area (Å²) in [6.45, 7) is 5.77. The number of carbonyl (C=O) groups excluding carboxylic acids is 1. The predicted octanol–water partition coefficient (Wildman–Crippen LogP) is 5.49. The standard InChI is InChI=1S/C26H29ClFN3O2S/c1-25(2,3)23(32)30-18-5-7-22-20(12-18)26(13-34-24(29)31-26)19-10-14(4-6-21(19)33-22)15-8-16(27)11-17(28)9-15/h4,6,8-11,18,20,22H,5,7,12-13H2,1-3H3,(H2,29,31)(H,30,32). The van der Waals surface area contributed by atoms with Crippen LogP contribution in [0.4, 0.5) is 4.39 Å². The molecule has 4 unspecified atom stereocenters. The first-order valence-electron chi connectivity index (χ1n) is 11.6. The molecule has 2 aromatic carbocycles. The molecule has 5 rings (SSSR count). The van der Waals surface area contributed by atoms with Crippen LogP contribution in [0, 0.1) is 17.2 Å². The van der Waals surface area contributed by atoms with Gasteiger partial charge >= 0.3 is 0 Å². The van der Waals surface area contributed by atoms with E-state index in [4.69, 9.17) is 27.1 Å². The summed E-state index contributed by atoms with van der Waals surface area (Å²) >= 11 is 7.67. The van der Waals surface area contributed by atoms with E-state index >= 15 is 0 Å². The molecule has 2 heterocycles. The Hall–Kier alpha value is -2.25. The lowest BCUT2D eigenvalue weighted by Gasteiger charge is -2.49. The monoisotopic (exact) mass is 501 g/mol. The van der Waals surface area contributed by atoms with Gasteiger partial charge in [-0.25, -0.2) is 9.38 Å². The zero-order valence-corrected chi connectivity index (χ0v) is 21.1. The van der Waals surface area contributed by atoms with Crippen LogP contribution in [0.2, 0.25) is 5.02 Å². The molecule has 4 atom stereocenters. The first-order chi connectivity index (χ1) is 16.0. The third-order valence-corrected chi connectivity index (χ3v) is 8.28. The van der Waals surface area contributed by atoms with Gasteiger partial charge in [-0.3, -0.25) is 4.79 Å². The summed E-state index contributed by atoms with van der Waals surface area (Å²) in [7, 11) is 0. The summed E-state index contributed by atoms with van der Waals surface area (Å²) in [6.07, 6.45) is 2.46. The van der Waals surface area contributed by atoms with Crippen LogP contribution in [0.15, 0.2) is 41.4 Å². The van der Waals surface area contributed by atoms with Crippen molar-refractivity contribution >= 4 is 34.4 Å². The fourth-order valence-electron chi connectivity index (χ4n) is 5.33. The molecule has 0 bridgehead atoms. The third kappa shape index (κ3) is 4.17. The molecule has 2 aliphatic heterocycles. The van der Waals surface area contributed by atoms with Gasteiger partial charge in [0.15, 0.2) is 5.17 Å². The molecule has 1 amide bonds. The van der Waals surface area contributed by atoms with Crippen molar-refractivity contribution in [1.29, 1.82) is 0 Å². The molecule has 1 saturated carbocycles. The van der Waals surface area contributed by atoms with Crippen LogP contribution in [0.25, 0.3) is 11.1 Å². The van der Waals surface area contributed by atoms with Gasteiger partial charge in [-0.2, -0.15) is 0 Å². The molecule has 3 N–H and O–H groups in total. The van der Waals surface area contributed by atoms with Crippen molar-refractivity contribution in [1.82, 2.24) is 5.32 Å². The summed E-state index contributed by atoms with van der Waals surface area (Å²) in [5, 5.41) is 4.16. The molecule has 1 aliphatic carbocycles. The van der Waals surface area contributed by atoms with Crippen molar-refractivity contribution in [3.8, 4) is 16.9 Å². The minimum Gasteiger partial charge on any atom is -0.490 e. The van der Waals surface area contributed by atoms with Crippen LogP contribution in [-0.4, -0.2) is 29.0 Å². The number of amides is 1. The molecule has 0 aromatic heterocycles. The van der Waals surface area contributed by atoms with E-state index < -0.39 is 11.0 Å². The fourth-order valence-corrected chi connectivity index (χ4v) is 6.58. The van der Waals surface area contributed by atoms with Gasteiger partial charge in [0.1, 0.15) is 23.2 Å². The van der Waals surface area contributed by atoms with Gasteiger partial charge in [0.05, 0.1) is 0 Å². The first-order valence-corrected chi connectivity index (χ1v) is 13.0. The highest BCUT2D eigenvalue weighted by molar-refractivity contribution is 8.14. The Kier molecular flexibility index (Phi) is 5.84. The highest BCUT2D eigenvalue weighted by atomic mass is 35.5. The van der Waals surface area contributed by atoms with Crippen molar-refractivity contribution in [3.05, 3.63) is 52.8 Å². The molecule has 180 valence electrons. The summed E-state index contributed by atoms with van der Waals surface area (Å²) < 4.78 is 20.5. The Balaban J connectivity index is 1.54. The number of rotatable bonds is 2. The largest absolute Gasteiger partial charge is 0.490 e. The number of benzene rings is 2. The average Bonchev–Trinajstić information content (AvgIpc) is 3.15. The van der Waals surface area contributed by atoms with Gasteiger partial charge in [0.25, 0.3) is 0 Å². The highest BCUT2D eigenvalue weighted by Crippen LogP contribution is 2.55. The van der Waals surface area contributed by atoms with E-state index in [1.807, 2.05) is 39.0 Å². The molecule has 1 spiro atoms. The maximum absolute atomic E-state index is 14.1. The number of hydrogen-bond acceptors (Lipinski definition) is 5. The second-order valence-corrected chi connectivity index (χ2v) is 12.0. The SMILES string of the molecule is CC(C)(C)C(=O)NC1CCC2Oc3ccc(-c4cc(F)cc(Cl)c4)cc3C3(CSC(N)=N3)C2C1. The quantitative estimate of drug-likeness (QED) is 0.570. The Labute approximate surface area is 208 Å².